The van der Waals surface area contributed by atoms with Gasteiger partial charge in [0.2, 0.25) is 11.8 Å². The van der Waals surface area contributed by atoms with Crippen LogP contribution in [-0.2, 0) is 22.6 Å². The van der Waals surface area contributed by atoms with Crippen LogP contribution in [0.15, 0.2) is 59.1 Å². The Morgan fingerprint density at radius 3 is 2.31 bits per heavy atom. The first-order valence-electron chi connectivity index (χ1n) is 10.4. The van der Waals surface area contributed by atoms with Gasteiger partial charge in [0.15, 0.2) is 0 Å². The van der Waals surface area contributed by atoms with Crippen LogP contribution in [-0.4, -0.2) is 28.8 Å². The summed E-state index contributed by atoms with van der Waals surface area (Å²) < 4.78 is 0.995. The zero-order valence-corrected chi connectivity index (χ0v) is 18.5. The molecule has 0 spiro atoms. The summed E-state index contributed by atoms with van der Waals surface area (Å²) in [6, 6.07) is 17.6. The van der Waals surface area contributed by atoms with Crippen LogP contribution < -0.4 is 5.32 Å². The first-order chi connectivity index (χ1) is 14.1. The molecule has 2 aromatic carbocycles. The standard InChI is InChI=1S/C24H29BrN2O2/c1-2-23(28)27(17-19-12-14-20(25)15-13-19)22(16-18-8-4-3-5-9-18)24(29)26-21-10-6-7-11-21/h3-5,8-9,12-15,21-22H,2,6-7,10-11,16-17H2,1H3,(H,26,29)/t22-/m1/s1. The number of nitrogens with one attached hydrogen (secondary N) is 1. The molecule has 0 unspecified atom stereocenters. The first kappa shape index (κ1) is 21.6. The molecule has 0 heterocycles. The molecule has 0 radical (unpaired) electrons. The molecule has 1 aliphatic rings. The van der Waals surface area contributed by atoms with Crippen LogP contribution in [0, 0.1) is 0 Å². The van der Waals surface area contributed by atoms with Crippen LogP contribution in [0.1, 0.15) is 50.2 Å². The van der Waals surface area contributed by atoms with E-state index in [0.29, 0.717) is 19.4 Å². The minimum Gasteiger partial charge on any atom is -0.352 e. The molecule has 3 rings (SSSR count). The van der Waals surface area contributed by atoms with Crippen molar-refractivity contribution >= 4 is 27.7 Å². The average molecular weight is 457 g/mol. The second-order valence-electron chi connectivity index (χ2n) is 7.70. The number of halogens is 1. The Balaban J connectivity index is 1.86. The second kappa shape index (κ2) is 10.6. The van der Waals surface area contributed by atoms with Crippen LogP contribution >= 0.6 is 15.9 Å². The van der Waals surface area contributed by atoms with E-state index in [1.54, 1.807) is 4.90 Å². The quantitative estimate of drug-likeness (QED) is 0.616. The highest BCUT2D eigenvalue weighted by atomic mass is 79.9. The summed E-state index contributed by atoms with van der Waals surface area (Å²) in [7, 11) is 0. The van der Waals surface area contributed by atoms with Gasteiger partial charge in [-0.15, -0.1) is 0 Å². The molecule has 2 amide bonds. The minimum absolute atomic E-state index is 0.00424. The maximum Gasteiger partial charge on any atom is 0.243 e. The Kier molecular flexibility index (Phi) is 7.87. The number of rotatable bonds is 8. The normalized spacial score (nSPS) is 15.1. The summed E-state index contributed by atoms with van der Waals surface area (Å²) in [4.78, 5) is 27.9. The van der Waals surface area contributed by atoms with Gasteiger partial charge in [-0.05, 0) is 36.1 Å². The third-order valence-electron chi connectivity index (χ3n) is 5.54. The number of hydrogen-bond donors (Lipinski definition) is 1. The maximum absolute atomic E-state index is 13.3. The van der Waals surface area contributed by atoms with Crippen molar-refractivity contribution in [1.82, 2.24) is 10.2 Å². The molecule has 1 fully saturated rings. The van der Waals surface area contributed by atoms with Crippen molar-refractivity contribution in [3.8, 4) is 0 Å². The summed E-state index contributed by atoms with van der Waals surface area (Å²) in [5, 5.41) is 3.21. The van der Waals surface area contributed by atoms with Gasteiger partial charge in [0, 0.05) is 29.9 Å². The third kappa shape index (κ3) is 6.17. The summed E-state index contributed by atoms with van der Waals surface area (Å²) in [6.45, 7) is 2.28. The van der Waals surface area contributed by atoms with Gasteiger partial charge in [0.25, 0.3) is 0 Å². The third-order valence-corrected chi connectivity index (χ3v) is 6.07. The number of carbonyl (C=O) groups is 2. The fraction of sp³-hybridized carbons (Fsp3) is 0.417. The highest BCUT2D eigenvalue weighted by molar-refractivity contribution is 9.10. The Morgan fingerprint density at radius 1 is 1.03 bits per heavy atom. The molecule has 4 nitrogen and oxygen atoms in total. The van der Waals surface area contributed by atoms with Gasteiger partial charge in [-0.2, -0.15) is 0 Å². The van der Waals surface area contributed by atoms with E-state index in [0.717, 1.165) is 41.3 Å². The highest BCUT2D eigenvalue weighted by Gasteiger charge is 2.31. The Hall–Kier alpha value is -2.14. The number of nitrogens with zero attached hydrogens (tertiary/aromatic N) is 1. The van der Waals surface area contributed by atoms with E-state index in [2.05, 4.69) is 21.2 Å². The van der Waals surface area contributed by atoms with Crippen molar-refractivity contribution in [1.29, 1.82) is 0 Å². The molecule has 1 aliphatic carbocycles. The van der Waals surface area contributed by atoms with Crippen molar-refractivity contribution in [3.63, 3.8) is 0 Å². The molecular formula is C24H29BrN2O2. The molecule has 1 atom stereocenters. The predicted molar refractivity (Wildman–Crippen MR) is 119 cm³/mol. The number of amides is 2. The fourth-order valence-corrected chi connectivity index (χ4v) is 4.18. The van der Waals surface area contributed by atoms with E-state index < -0.39 is 6.04 Å². The Bertz CT molecular complexity index is 801. The van der Waals surface area contributed by atoms with Crippen molar-refractivity contribution in [2.24, 2.45) is 0 Å². The topological polar surface area (TPSA) is 49.4 Å². The van der Waals surface area contributed by atoms with Crippen LogP contribution in [0.5, 0.6) is 0 Å². The van der Waals surface area contributed by atoms with E-state index >= 15 is 0 Å². The van der Waals surface area contributed by atoms with E-state index in [1.165, 1.54) is 0 Å². The second-order valence-corrected chi connectivity index (χ2v) is 8.61. The average Bonchev–Trinajstić information content (AvgIpc) is 3.25. The molecule has 1 saturated carbocycles. The summed E-state index contributed by atoms with van der Waals surface area (Å²) in [5.74, 6) is -0.0462. The first-order valence-corrected chi connectivity index (χ1v) is 11.2. The largest absolute Gasteiger partial charge is 0.352 e. The molecular weight excluding hydrogens is 428 g/mol. The zero-order valence-electron chi connectivity index (χ0n) is 16.9. The molecule has 1 N–H and O–H groups in total. The van der Waals surface area contributed by atoms with E-state index in [4.69, 9.17) is 0 Å². The van der Waals surface area contributed by atoms with Crippen molar-refractivity contribution in [2.45, 2.75) is 64.1 Å². The van der Waals surface area contributed by atoms with Gasteiger partial charge in [-0.3, -0.25) is 9.59 Å². The van der Waals surface area contributed by atoms with Gasteiger partial charge in [-0.1, -0.05) is 78.2 Å². The SMILES string of the molecule is CCC(=O)N(Cc1ccc(Br)cc1)[C@H](Cc1ccccc1)C(=O)NC1CCCC1. The summed E-state index contributed by atoms with van der Waals surface area (Å²) in [5.41, 5.74) is 2.07. The van der Waals surface area contributed by atoms with E-state index in [1.807, 2.05) is 61.5 Å². The fourth-order valence-electron chi connectivity index (χ4n) is 3.91. The van der Waals surface area contributed by atoms with Crippen LogP contribution in [0.3, 0.4) is 0 Å². The lowest BCUT2D eigenvalue weighted by atomic mass is 10.0. The summed E-state index contributed by atoms with van der Waals surface area (Å²) >= 11 is 3.45. The van der Waals surface area contributed by atoms with Gasteiger partial charge >= 0.3 is 0 Å². The number of hydrogen-bond acceptors (Lipinski definition) is 2. The molecule has 0 bridgehead atoms. The van der Waals surface area contributed by atoms with Gasteiger partial charge in [0.1, 0.15) is 6.04 Å². The number of benzene rings is 2. The van der Waals surface area contributed by atoms with Crippen LogP contribution in [0.4, 0.5) is 0 Å². The molecule has 0 saturated heterocycles. The molecule has 154 valence electrons. The van der Waals surface area contributed by atoms with Gasteiger partial charge < -0.3 is 10.2 Å². The van der Waals surface area contributed by atoms with Crippen molar-refractivity contribution < 1.29 is 9.59 Å². The lowest BCUT2D eigenvalue weighted by Gasteiger charge is -2.32. The molecule has 0 aliphatic heterocycles. The minimum atomic E-state index is -0.519. The smallest absolute Gasteiger partial charge is 0.243 e. The Morgan fingerprint density at radius 2 is 1.69 bits per heavy atom. The van der Waals surface area contributed by atoms with Gasteiger partial charge in [-0.25, -0.2) is 0 Å². The van der Waals surface area contributed by atoms with Crippen molar-refractivity contribution in [2.75, 3.05) is 0 Å². The lowest BCUT2D eigenvalue weighted by molar-refractivity contribution is -0.141. The number of carbonyl (C=O) groups excluding carboxylic acids is 2. The molecule has 2 aromatic rings. The predicted octanol–water partition coefficient (Wildman–Crippen LogP) is 4.86. The molecule has 0 aromatic heterocycles. The monoisotopic (exact) mass is 456 g/mol. The van der Waals surface area contributed by atoms with Crippen LogP contribution in [0.25, 0.3) is 0 Å². The van der Waals surface area contributed by atoms with Crippen LogP contribution in [0.2, 0.25) is 0 Å². The summed E-state index contributed by atoms with van der Waals surface area (Å²) in [6.07, 6.45) is 5.26. The molecule has 5 heteroatoms. The molecule has 29 heavy (non-hydrogen) atoms. The van der Waals surface area contributed by atoms with E-state index in [9.17, 15) is 9.59 Å². The lowest BCUT2D eigenvalue weighted by Crippen LogP contribution is -2.52. The zero-order chi connectivity index (χ0) is 20.6. The van der Waals surface area contributed by atoms with Gasteiger partial charge in [0.05, 0.1) is 0 Å². The maximum atomic E-state index is 13.3. The van der Waals surface area contributed by atoms with E-state index in [-0.39, 0.29) is 17.9 Å². The van der Waals surface area contributed by atoms with Crippen molar-refractivity contribution in [3.05, 3.63) is 70.2 Å². The highest BCUT2D eigenvalue weighted by Crippen LogP contribution is 2.21. The Labute approximate surface area is 181 Å².